The zero-order valence-corrected chi connectivity index (χ0v) is 12.6. The van der Waals surface area contributed by atoms with Crippen LogP contribution >= 0.6 is 11.6 Å². The summed E-state index contributed by atoms with van der Waals surface area (Å²) in [5, 5.41) is 4.05. The lowest BCUT2D eigenvalue weighted by Gasteiger charge is -2.28. The third-order valence-corrected chi connectivity index (χ3v) is 4.47. The molecule has 1 aliphatic carbocycles. The van der Waals surface area contributed by atoms with E-state index < -0.39 is 0 Å². The third-order valence-electron chi connectivity index (χ3n) is 4.23. The van der Waals surface area contributed by atoms with Gasteiger partial charge in [-0.3, -0.25) is 0 Å². The average molecular weight is 286 g/mol. The molecule has 0 unspecified atom stereocenters. The molecule has 0 heterocycles. The average Bonchev–Trinajstić information content (AvgIpc) is 2.39. The summed E-state index contributed by atoms with van der Waals surface area (Å²) in [5.41, 5.74) is 5.45. The van der Waals surface area contributed by atoms with Gasteiger partial charge in [-0.1, -0.05) is 48.4 Å². The minimum absolute atomic E-state index is 0.740. The maximum absolute atomic E-state index is 6.15. The molecule has 20 heavy (non-hydrogen) atoms. The molecule has 2 heteroatoms. The van der Waals surface area contributed by atoms with Gasteiger partial charge in [0.25, 0.3) is 0 Å². The summed E-state index contributed by atoms with van der Waals surface area (Å²) in [6.45, 7) is 0.842. The largest absolute Gasteiger partial charge is 0.316 e. The van der Waals surface area contributed by atoms with Crippen LogP contribution in [-0.4, -0.2) is 7.05 Å². The number of halogens is 1. The predicted molar refractivity (Wildman–Crippen MR) is 86.2 cm³/mol. The van der Waals surface area contributed by atoms with Gasteiger partial charge >= 0.3 is 0 Å². The molecule has 0 bridgehead atoms. The standard InChI is InChI=1S/C18H20ClN/c1-20-12-14-11-15(19)9-10-17(14)18-8-3-2-7-16(18)13-5-4-6-13/h2-3,7-11,13,20H,4-6,12H2,1H3. The lowest BCUT2D eigenvalue weighted by molar-refractivity contribution is 0.420. The molecule has 0 amide bonds. The Labute approximate surface area is 126 Å². The highest BCUT2D eigenvalue weighted by Crippen LogP contribution is 2.41. The van der Waals surface area contributed by atoms with Crippen molar-refractivity contribution in [2.24, 2.45) is 0 Å². The zero-order valence-electron chi connectivity index (χ0n) is 11.8. The van der Waals surface area contributed by atoms with Crippen molar-refractivity contribution in [1.29, 1.82) is 0 Å². The normalized spacial score (nSPS) is 15.1. The Morgan fingerprint density at radius 1 is 1.10 bits per heavy atom. The number of benzene rings is 2. The van der Waals surface area contributed by atoms with Gasteiger partial charge in [0.1, 0.15) is 0 Å². The summed E-state index contributed by atoms with van der Waals surface area (Å²) in [4.78, 5) is 0. The molecule has 1 aliphatic rings. The Morgan fingerprint density at radius 2 is 1.90 bits per heavy atom. The van der Waals surface area contributed by atoms with Crippen LogP contribution < -0.4 is 5.32 Å². The van der Waals surface area contributed by atoms with Crippen LogP contribution in [0, 0.1) is 0 Å². The van der Waals surface area contributed by atoms with E-state index in [4.69, 9.17) is 11.6 Å². The van der Waals surface area contributed by atoms with Crippen LogP contribution in [0.15, 0.2) is 42.5 Å². The van der Waals surface area contributed by atoms with Crippen LogP contribution in [0.5, 0.6) is 0 Å². The highest BCUT2D eigenvalue weighted by atomic mass is 35.5. The van der Waals surface area contributed by atoms with Crippen LogP contribution in [0.1, 0.15) is 36.3 Å². The van der Waals surface area contributed by atoms with Crippen LogP contribution in [0.25, 0.3) is 11.1 Å². The third kappa shape index (κ3) is 2.61. The van der Waals surface area contributed by atoms with Crippen molar-refractivity contribution in [1.82, 2.24) is 5.32 Å². The number of hydrogen-bond donors (Lipinski definition) is 1. The van der Waals surface area contributed by atoms with E-state index >= 15 is 0 Å². The molecule has 1 nitrogen and oxygen atoms in total. The van der Waals surface area contributed by atoms with Gasteiger partial charge in [-0.2, -0.15) is 0 Å². The second-order valence-corrected chi connectivity index (χ2v) is 5.98. The van der Waals surface area contributed by atoms with Gasteiger partial charge in [0.15, 0.2) is 0 Å². The van der Waals surface area contributed by atoms with Gasteiger partial charge in [0.05, 0.1) is 0 Å². The van der Waals surface area contributed by atoms with Crippen molar-refractivity contribution in [3.63, 3.8) is 0 Å². The van der Waals surface area contributed by atoms with Gasteiger partial charge in [-0.05, 0) is 60.2 Å². The van der Waals surface area contributed by atoms with E-state index in [9.17, 15) is 0 Å². The molecule has 0 aliphatic heterocycles. The second kappa shape index (κ2) is 5.99. The minimum Gasteiger partial charge on any atom is -0.316 e. The fourth-order valence-electron chi connectivity index (χ4n) is 2.98. The Morgan fingerprint density at radius 3 is 2.60 bits per heavy atom. The molecule has 0 spiro atoms. The lowest BCUT2D eigenvalue weighted by Crippen LogP contribution is -2.11. The Balaban J connectivity index is 2.08. The van der Waals surface area contributed by atoms with Gasteiger partial charge in [-0.15, -0.1) is 0 Å². The number of nitrogens with one attached hydrogen (secondary N) is 1. The molecule has 0 saturated heterocycles. The first kappa shape index (κ1) is 13.7. The summed E-state index contributed by atoms with van der Waals surface area (Å²) in [5.74, 6) is 0.740. The Kier molecular flexibility index (Phi) is 4.09. The number of hydrogen-bond acceptors (Lipinski definition) is 1. The lowest BCUT2D eigenvalue weighted by atomic mass is 9.77. The van der Waals surface area contributed by atoms with E-state index in [1.54, 1.807) is 0 Å². The fraction of sp³-hybridized carbons (Fsp3) is 0.333. The van der Waals surface area contributed by atoms with Crippen LogP contribution in [0.3, 0.4) is 0 Å². The van der Waals surface area contributed by atoms with Crippen molar-refractivity contribution in [2.45, 2.75) is 31.7 Å². The Hall–Kier alpha value is -1.31. The van der Waals surface area contributed by atoms with E-state index in [-0.39, 0.29) is 0 Å². The fourth-order valence-corrected chi connectivity index (χ4v) is 3.17. The summed E-state index contributed by atoms with van der Waals surface area (Å²) in [6, 6.07) is 15.1. The summed E-state index contributed by atoms with van der Waals surface area (Å²) in [6.07, 6.45) is 4.01. The molecule has 0 aromatic heterocycles. The molecular formula is C18H20ClN. The molecule has 1 saturated carbocycles. The predicted octanol–water partition coefficient (Wildman–Crippen LogP) is 4.99. The van der Waals surface area contributed by atoms with E-state index in [1.165, 1.54) is 41.5 Å². The monoisotopic (exact) mass is 285 g/mol. The highest BCUT2D eigenvalue weighted by Gasteiger charge is 2.22. The SMILES string of the molecule is CNCc1cc(Cl)ccc1-c1ccccc1C1CCC1. The molecule has 0 atom stereocenters. The van der Waals surface area contributed by atoms with Crippen molar-refractivity contribution < 1.29 is 0 Å². The van der Waals surface area contributed by atoms with E-state index in [1.807, 2.05) is 13.1 Å². The smallest absolute Gasteiger partial charge is 0.0409 e. The topological polar surface area (TPSA) is 12.0 Å². The minimum atomic E-state index is 0.740. The summed E-state index contributed by atoms with van der Waals surface area (Å²) in [7, 11) is 1.97. The number of rotatable bonds is 4. The van der Waals surface area contributed by atoms with Crippen molar-refractivity contribution in [3.8, 4) is 11.1 Å². The maximum atomic E-state index is 6.15. The van der Waals surface area contributed by atoms with Gasteiger partial charge in [0, 0.05) is 11.6 Å². The van der Waals surface area contributed by atoms with Crippen LogP contribution in [0.4, 0.5) is 0 Å². The zero-order chi connectivity index (χ0) is 13.9. The molecular weight excluding hydrogens is 266 g/mol. The first-order valence-corrected chi connectivity index (χ1v) is 7.69. The Bertz CT molecular complexity index is 602. The van der Waals surface area contributed by atoms with E-state index in [2.05, 4.69) is 41.7 Å². The molecule has 2 aromatic carbocycles. The first-order chi connectivity index (χ1) is 9.79. The van der Waals surface area contributed by atoms with Crippen molar-refractivity contribution in [2.75, 3.05) is 7.05 Å². The quantitative estimate of drug-likeness (QED) is 0.834. The molecule has 1 fully saturated rings. The van der Waals surface area contributed by atoms with E-state index in [0.717, 1.165) is 17.5 Å². The maximum Gasteiger partial charge on any atom is 0.0409 e. The highest BCUT2D eigenvalue weighted by molar-refractivity contribution is 6.30. The summed E-state index contributed by atoms with van der Waals surface area (Å²) >= 11 is 6.15. The molecule has 1 N–H and O–H groups in total. The van der Waals surface area contributed by atoms with Gasteiger partial charge in [0.2, 0.25) is 0 Å². The second-order valence-electron chi connectivity index (χ2n) is 5.55. The van der Waals surface area contributed by atoms with E-state index in [0.29, 0.717) is 0 Å². The van der Waals surface area contributed by atoms with Crippen LogP contribution in [0.2, 0.25) is 5.02 Å². The molecule has 3 rings (SSSR count). The van der Waals surface area contributed by atoms with Gasteiger partial charge in [-0.25, -0.2) is 0 Å². The molecule has 0 radical (unpaired) electrons. The van der Waals surface area contributed by atoms with Crippen LogP contribution in [-0.2, 0) is 6.54 Å². The van der Waals surface area contributed by atoms with Gasteiger partial charge < -0.3 is 5.32 Å². The molecule has 2 aromatic rings. The van der Waals surface area contributed by atoms with Crippen molar-refractivity contribution >= 4 is 11.6 Å². The first-order valence-electron chi connectivity index (χ1n) is 7.32. The van der Waals surface area contributed by atoms with Crippen molar-refractivity contribution in [3.05, 3.63) is 58.6 Å². The summed E-state index contributed by atoms with van der Waals surface area (Å²) < 4.78 is 0. The molecule has 104 valence electrons.